The number of carbonyl (C=O) groups is 1. The van der Waals surface area contributed by atoms with Crippen LogP contribution in [-0.4, -0.2) is 35.5 Å². The number of rotatable bonds is 5. The quantitative estimate of drug-likeness (QED) is 0.563. The molecule has 1 aliphatic rings. The van der Waals surface area contributed by atoms with Gasteiger partial charge in [0, 0.05) is 5.92 Å². The highest BCUT2D eigenvalue weighted by Gasteiger charge is 2.30. The van der Waals surface area contributed by atoms with Crippen LogP contribution < -0.4 is 5.32 Å². The van der Waals surface area contributed by atoms with Crippen molar-refractivity contribution < 1.29 is 9.18 Å². The number of anilines is 1. The highest BCUT2D eigenvalue weighted by atomic mass is 19.1. The number of hydrogen-bond acceptors (Lipinski definition) is 5. The van der Waals surface area contributed by atoms with Crippen molar-refractivity contribution >= 4 is 28.4 Å². The van der Waals surface area contributed by atoms with Gasteiger partial charge in [0.05, 0.1) is 24.0 Å². The van der Waals surface area contributed by atoms with Crippen molar-refractivity contribution in [2.45, 2.75) is 38.9 Å². The van der Waals surface area contributed by atoms with Gasteiger partial charge in [0.25, 0.3) is 0 Å². The fourth-order valence-electron chi connectivity index (χ4n) is 3.25. The third kappa shape index (κ3) is 3.43. The summed E-state index contributed by atoms with van der Waals surface area (Å²) in [6, 6.07) is 8.97. The van der Waals surface area contributed by atoms with E-state index in [4.69, 9.17) is 0 Å². The van der Waals surface area contributed by atoms with Gasteiger partial charge in [0.2, 0.25) is 5.91 Å². The predicted octanol–water partition coefficient (Wildman–Crippen LogP) is 3.08. The molecule has 1 aliphatic carbocycles. The van der Waals surface area contributed by atoms with Crippen molar-refractivity contribution in [2.75, 3.05) is 5.32 Å². The minimum absolute atomic E-state index is 0.00862. The molecule has 0 saturated heterocycles. The molecule has 1 aromatic carbocycles. The van der Waals surface area contributed by atoms with Crippen LogP contribution in [0.2, 0.25) is 0 Å². The summed E-state index contributed by atoms with van der Waals surface area (Å²) in [6.45, 7) is 3.43. The van der Waals surface area contributed by atoms with E-state index >= 15 is 0 Å². The van der Waals surface area contributed by atoms with Crippen molar-refractivity contribution in [3.63, 3.8) is 0 Å². The largest absolute Gasteiger partial charge is 0.309 e. The van der Waals surface area contributed by atoms with Gasteiger partial charge in [0.1, 0.15) is 11.2 Å². The number of halogens is 1. The number of aromatic nitrogens is 6. The molecular formula is C20H20FN7O. The Morgan fingerprint density at radius 3 is 2.86 bits per heavy atom. The topological polar surface area (TPSA) is 90.0 Å². The number of nitrogens with one attached hydrogen (secondary N) is 1. The summed E-state index contributed by atoms with van der Waals surface area (Å²) >= 11 is 0. The zero-order valence-electron chi connectivity index (χ0n) is 16.1. The highest BCUT2D eigenvalue weighted by Crippen LogP contribution is 2.30. The molecular weight excluding hydrogens is 373 g/mol. The third-order valence-corrected chi connectivity index (χ3v) is 5.09. The summed E-state index contributed by atoms with van der Waals surface area (Å²) in [5.74, 6) is 0.616. The summed E-state index contributed by atoms with van der Waals surface area (Å²) in [6.07, 6.45) is 3.58. The van der Waals surface area contributed by atoms with Gasteiger partial charge in [-0.25, -0.2) is 18.6 Å². The van der Waals surface area contributed by atoms with Gasteiger partial charge >= 0.3 is 0 Å². The van der Waals surface area contributed by atoms with E-state index in [0.29, 0.717) is 29.1 Å². The van der Waals surface area contributed by atoms with E-state index < -0.39 is 5.67 Å². The first-order chi connectivity index (χ1) is 13.9. The SMILES string of the molecule is CC(C)(F)c1ccc2nnn(Cc3ccc4nc(NC(=O)C5CC5)cn4n3)c2c1. The number of imidazole rings is 1. The summed E-state index contributed by atoms with van der Waals surface area (Å²) in [4.78, 5) is 16.3. The Kier molecular flexibility index (Phi) is 3.87. The van der Waals surface area contributed by atoms with Gasteiger partial charge in [-0.2, -0.15) is 5.10 Å². The number of fused-ring (bicyclic) bond motifs is 2. The molecule has 1 amide bonds. The van der Waals surface area contributed by atoms with Gasteiger partial charge in [-0.1, -0.05) is 11.3 Å². The Balaban J connectivity index is 1.43. The molecule has 4 aromatic rings. The normalized spacial score (nSPS) is 14.6. The molecule has 148 valence electrons. The lowest BCUT2D eigenvalue weighted by Gasteiger charge is -2.14. The van der Waals surface area contributed by atoms with Crippen LogP contribution >= 0.6 is 0 Å². The van der Waals surface area contributed by atoms with Crippen molar-refractivity contribution in [1.82, 2.24) is 29.6 Å². The average Bonchev–Trinajstić information content (AvgIpc) is 3.35. The molecule has 9 heteroatoms. The lowest BCUT2D eigenvalue weighted by Crippen LogP contribution is -2.13. The molecule has 1 fully saturated rings. The van der Waals surface area contributed by atoms with Crippen molar-refractivity contribution in [3.05, 3.63) is 47.8 Å². The van der Waals surface area contributed by atoms with Gasteiger partial charge in [-0.3, -0.25) is 4.79 Å². The molecule has 0 aliphatic heterocycles. The standard InChI is InChI=1S/C20H20FN7O/c1-20(2,21)13-5-7-15-16(9-13)27(26-24-15)10-14-6-8-18-22-17(11-28(18)25-14)23-19(29)12-3-4-12/h5-9,11-12H,3-4,10H2,1-2H3,(H,23,29). The molecule has 29 heavy (non-hydrogen) atoms. The van der Waals surface area contributed by atoms with Crippen molar-refractivity contribution in [1.29, 1.82) is 0 Å². The lowest BCUT2D eigenvalue weighted by atomic mass is 10.00. The Morgan fingerprint density at radius 1 is 1.28 bits per heavy atom. The minimum atomic E-state index is -1.45. The summed E-state index contributed by atoms with van der Waals surface area (Å²) in [5.41, 5.74) is 1.96. The van der Waals surface area contributed by atoms with Crippen LogP contribution in [0.25, 0.3) is 16.7 Å². The molecule has 3 aromatic heterocycles. The molecule has 0 bridgehead atoms. The van der Waals surface area contributed by atoms with E-state index in [9.17, 15) is 9.18 Å². The first-order valence-corrected chi connectivity index (χ1v) is 9.56. The first-order valence-electron chi connectivity index (χ1n) is 9.56. The Bertz CT molecular complexity index is 1230. The molecule has 8 nitrogen and oxygen atoms in total. The number of alkyl halides is 1. The molecule has 0 radical (unpaired) electrons. The highest BCUT2D eigenvalue weighted by molar-refractivity contribution is 5.93. The first kappa shape index (κ1) is 17.7. The second-order valence-corrected chi connectivity index (χ2v) is 7.94. The zero-order chi connectivity index (χ0) is 20.2. The second-order valence-electron chi connectivity index (χ2n) is 7.94. The Labute approximate surface area is 165 Å². The number of benzene rings is 1. The molecule has 3 heterocycles. The fourth-order valence-corrected chi connectivity index (χ4v) is 3.25. The molecule has 1 N–H and O–H groups in total. The van der Waals surface area contributed by atoms with Gasteiger partial charge < -0.3 is 5.32 Å². The van der Waals surface area contributed by atoms with E-state index in [0.717, 1.165) is 24.1 Å². The second kappa shape index (κ2) is 6.33. The van der Waals surface area contributed by atoms with Crippen LogP contribution in [0.5, 0.6) is 0 Å². The number of carbonyl (C=O) groups excluding carboxylic acids is 1. The monoisotopic (exact) mass is 393 g/mol. The lowest BCUT2D eigenvalue weighted by molar-refractivity contribution is -0.117. The van der Waals surface area contributed by atoms with Crippen LogP contribution in [-0.2, 0) is 17.0 Å². The molecule has 0 unspecified atom stereocenters. The van der Waals surface area contributed by atoms with E-state index in [2.05, 4.69) is 25.7 Å². The Morgan fingerprint density at radius 2 is 2.10 bits per heavy atom. The number of nitrogens with zero attached hydrogens (tertiary/aromatic N) is 6. The fraction of sp³-hybridized carbons (Fsp3) is 0.350. The number of amides is 1. The molecule has 1 saturated carbocycles. The summed E-state index contributed by atoms with van der Waals surface area (Å²) < 4.78 is 17.7. The Hall–Kier alpha value is -3.36. The maximum atomic E-state index is 14.3. The maximum absolute atomic E-state index is 14.3. The van der Waals surface area contributed by atoms with Gasteiger partial charge in [-0.05, 0) is 56.5 Å². The third-order valence-electron chi connectivity index (χ3n) is 5.09. The average molecular weight is 393 g/mol. The zero-order valence-corrected chi connectivity index (χ0v) is 16.1. The van der Waals surface area contributed by atoms with Crippen LogP contribution in [0.1, 0.15) is 37.9 Å². The molecule has 0 spiro atoms. The van der Waals surface area contributed by atoms with Crippen LogP contribution in [0.4, 0.5) is 10.2 Å². The molecule has 5 rings (SSSR count). The van der Waals surface area contributed by atoms with Crippen molar-refractivity contribution in [2.24, 2.45) is 5.92 Å². The molecule has 0 atom stereocenters. The van der Waals surface area contributed by atoms with E-state index in [-0.39, 0.29) is 11.8 Å². The van der Waals surface area contributed by atoms with Crippen molar-refractivity contribution in [3.8, 4) is 0 Å². The van der Waals surface area contributed by atoms with Crippen LogP contribution in [0, 0.1) is 5.92 Å². The van der Waals surface area contributed by atoms with E-state index in [1.165, 1.54) is 13.8 Å². The van der Waals surface area contributed by atoms with Gasteiger partial charge in [0.15, 0.2) is 11.5 Å². The number of hydrogen-bond donors (Lipinski definition) is 1. The summed E-state index contributed by atoms with van der Waals surface area (Å²) in [7, 11) is 0. The maximum Gasteiger partial charge on any atom is 0.228 e. The van der Waals surface area contributed by atoms with Crippen LogP contribution in [0.3, 0.4) is 0 Å². The van der Waals surface area contributed by atoms with E-state index in [1.54, 1.807) is 33.6 Å². The van der Waals surface area contributed by atoms with Crippen LogP contribution in [0.15, 0.2) is 36.5 Å². The van der Waals surface area contributed by atoms with E-state index in [1.807, 2.05) is 12.1 Å². The van der Waals surface area contributed by atoms with Gasteiger partial charge in [-0.15, -0.1) is 5.10 Å². The predicted molar refractivity (Wildman–Crippen MR) is 105 cm³/mol. The smallest absolute Gasteiger partial charge is 0.228 e. The minimum Gasteiger partial charge on any atom is -0.309 e. The summed E-state index contributed by atoms with van der Waals surface area (Å²) in [5, 5.41) is 15.7.